The lowest BCUT2D eigenvalue weighted by Gasteiger charge is -2.21. The fourth-order valence-corrected chi connectivity index (χ4v) is 3.29. The molecule has 1 aliphatic heterocycles. The third-order valence-electron chi connectivity index (χ3n) is 2.95. The number of thioether (sulfide) groups is 1. The highest BCUT2D eigenvalue weighted by atomic mass is 32.2. The van der Waals surface area contributed by atoms with Gasteiger partial charge in [0.25, 0.3) is 0 Å². The Morgan fingerprint density at radius 1 is 1.50 bits per heavy atom. The van der Waals surface area contributed by atoms with E-state index < -0.39 is 5.60 Å². The molecule has 1 heterocycles. The van der Waals surface area contributed by atoms with Crippen molar-refractivity contribution in [2.75, 3.05) is 18.1 Å². The third kappa shape index (κ3) is 3.24. The molecule has 88 valence electrons. The summed E-state index contributed by atoms with van der Waals surface area (Å²) in [5.41, 5.74) is 2.10. The molecule has 2 N–H and O–H groups in total. The minimum Gasteiger partial charge on any atom is -0.388 e. The van der Waals surface area contributed by atoms with E-state index in [0.29, 0.717) is 6.54 Å². The molecule has 1 saturated heterocycles. The van der Waals surface area contributed by atoms with Crippen molar-refractivity contribution in [3.8, 4) is 0 Å². The second-order valence-electron chi connectivity index (χ2n) is 4.62. The lowest BCUT2D eigenvalue weighted by molar-refractivity contribution is 0.0675. The molecule has 0 aliphatic carbocycles. The molecular weight excluding hydrogens is 218 g/mol. The normalized spacial score (nSPS) is 24.9. The zero-order chi connectivity index (χ0) is 11.4. The molecule has 1 unspecified atom stereocenters. The van der Waals surface area contributed by atoms with Crippen LogP contribution in [0.3, 0.4) is 0 Å². The first-order chi connectivity index (χ1) is 7.68. The molecule has 2 rings (SSSR count). The Hall–Kier alpha value is -0.510. The molecule has 0 saturated carbocycles. The van der Waals surface area contributed by atoms with Gasteiger partial charge in [0.15, 0.2) is 0 Å². The molecule has 1 aromatic carbocycles. The van der Waals surface area contributed by atoms with Crippen LogP contribution in [0, 0.1) is 6.92 Å². The van der Waals surface area contributed by atoms with Crippen molar-refractivity contribution in [3.63, 3.8) is 0 Å². The summed E-state index contributed by atoms with van der Waals surface area (Å²) in [4.78, 5) is 0. The van der Waals surface area contributed by atoms with Gasteiger partial charge >= 0.3 is 0 Å². The summed E-state index contributed by atoms with van der Waals surface area (Å²) >= 11 is 1.84. The highest BCUT2D eigenvalue weighted by Crippen LogP contribution is 2.26. The lowest BCUT2D eigenvalue weighted by atomic mass is 10.0. The van der Waals surface area contributed by atoms with Crippen LogP contribution in [0.2, 0.25) is 0 Å². The first kappa shape index (κ1) is 12.0. The van der Waals surface area contributed by atoms with Crippen molar-refractivity contribution in [2.45, 2.75) is 25.5 Å². The molecule has 0 bridgehead atoms. The van der Waals surface area contributed by atoms with E-state index in [-0.39, 0.29) is 0 Å². The smallest absolute Gasteiger partial charge is 0.0869 e. The van der Waals surface area contributed by atoms with E-state index in [9.17, 15) is 5.11 Å². The van der Waals surface area contributed by atoms with Crippen molar-refractivity contribution in [2.24, 2.45) is 0 Å². The maximum atomic E-state index is 10.1. The molecule has 0 spiro atoms. The second-order valence-corrected chi connectivity index (χ2v) is 5.72. The zero-order valence-electron chi connectivity index (χ0n) is 9.70. The Morgan fingerprint density at radius 3 is 3.06 bits per heavy atom. The van der Waals surface area contributed by atoms with E-state index in [1.807, 2.05) is 11.8 Å². The number of rotatable bonds is 4. The maximum Gasteiger partial charge on any atom is 0.0869 e. The molecular formula is C13H19NOS. The van der Waals surface area contributed by atoms with Gasteiger partial charge in [-0.15, -0.1) is 0 Å². The first-order valence-electron chi connectivity index (χ1n) is 5.74. The number of benzene rings is 1. The van der Waals surface area contributed by atoms with Crippen LogP contribution in [0.5, 0.6) is 0 Å². The molecule has 3 heteroatoms. The number of aryl methyl sites for hydroxylation is 1. The van der Waals surface area contributed by atoms with Crippen molar-refractivity contribution in [1.82, 2.24) is 5.32 Å². The van der Waals surface area contributed by atoms with Crippen LogP contribution in [0.1, 0.15) is 17.5 Å². The fourth-order valence-electron chi connectivity index (χ4n) is 2.00. The Balaban J connectivity index is 1.79. The van der Waals surface area contributed by atoms with Crippen molar-refractivity contribution >= 4 is 11.8 Å². The van der Waals surface area contributed by atoms with Gasteiger partial charge < -0.3 is 10.4 Å². The maximum absolute atomic E-state index is 10.1. The van der Waals surface area contributed by atoms with E-state index >= 15 is 0 Å². The Kier molecular flexibility index (Phi) is 3.90. The Bertz CT molecular complexity index is 348. The highest BCUT2D eigenvalue weighted by Gasteiger charge is 2.30. The van der Waals surface area contributed by atoms with Crippen molar-refractivity contribution < 1.29 is 5.11 Å². The van der Waals surface area contributed by atoms with Crippen LogP contribution in [-0.2, 0) is 6.54 Å². The largest absolute Gasteiger partial charge is 0.388 e. The van der Waals surface area contributed by atoms with Gasteiger partial charge in [-0.25, -0.2) is 0 Å². The fraction of sp³-hybridized carbons (Fsp3) is 0.538. The Morgan fingerprint density at radius 2 is 2.38 bits per heavy atom. The summed E-state index contributed by atoms with van der Waals surface area (Å²) in [7, 11) is 0. The van der Waals surface area contributed by atoms with Crippen molar-refractivity contribution in [1.29, 1.82) is 0 Å². The van der Waals surface area contributed by atoms with Gasteiger partial charge in [-0.1, -0.05) is 29.8 Å². The summed E-state index contributed by atoms with van der Waals surface area (Å²) in [5.74, 6) is 1.95. The van der Waals surface area contributed by atoms with E-state index in [0.717, 1.165) is 24.5 Å². The molecule has 1 fully saturated rings. The molecule has 0 aromatic heterocycles. The first-order valence-corrected chi connectivity index (χ1v) is 6.90. The van der Waals surface area contributed by atoms with Gasteiger partial charge in [0.05, 0.1) is 5.60 Å². The number of hydrogen-bond acceptors (Lipinski definition) is 3. The average Bonchev–Trinajstić information content (AvgIpc) is 2.65. The average molecular weight is 237 g/mol. The number of nitrogens with one attached hydrogen (secondary N) is 1. The topological polar surface area (TPSA) is 32.3 Å². The predicted octanol–water partition coefficient (Wildman–Crippen LogP) is 1.95. The molecule has 0 radical (unpaired) electrons. The van der Waals surface area contributed by atoms with Crippen LogP contribution < -0.4 is 5.32 Å². The predicted molar refractivity (Wildman–Crippen MR) is 69.8 cm³/mol. The zero-order valence-corrected chi connectivity index (χ0v) is 10.5. The van der Waals surface area contributed by atoms with Gasteiger partial charge in [-0.2, -0.15) is 11.8 Å². The summed E-state index contributed by atoms with van der Waals surface area (Å²) < 4.78 is 0. The standard InChI is InChI=1S/C13H19NOS/c1-11-3-2-4-12(7-11)8-14-9-13(15)5-6-16-10-13/h2-4,7,14-15H,5-6,8-10H2,1H3. The molecule has 0 amide bonds. The van der Waals surface area contributed by atoms with Crippen LogP contribution in [0.25, 0.3) is 0 Å². The van der Waals surface area contributed by atoms with Gasteiger partial charge in [-0.3, -0.25) is 0 Å². The van der Waals surface area contributed by atoms with E-state index in [1.54, 1.807) is 0 Å². The molecule has 16 heavy (non-hydrogen) atoms. The van der Waals surface area contributed by atoms with Gasteiger partial charge in [-0.05, 0) is 24.7 Å². The van der Waals surface area contributed by atoms with Crippen LogP contribution in [0.15, 0.2) is 24.3 Å². The second kappa shape index (κ2) is 5.21. The monoisotopic (exact) mass is 237 g/mol. The van der Waals surface area contributed by atoms with Crippen LogP contribution in [-0.4, -0.2) is 28.8 Å². The summed E-state index contributed by atoms with van der Waals surface area (Å²) in [6, 6.07) is 8.48. The van der Waals surface area contributed by atoms with E-state index in [4.69, 9.17) is 0 Å². The summed E-state index contributed by atoms with van der Waals surface area (Å²) in [6.45, 7) is 3.65. The van der Waals surface area contributed by atoms with Crippen molar-refractivity contribution in [3.05, 3.63) is 35.4 Å². The van der Waals surface area contributed by atoms with Crippen LogP contribution in [0.4, 0.5) is 0 Å². The molecule has 1 aromatic rings. The van der Waals surface area contributed by atoms with E-state index in [1.165, 1.54) is 11.1 Å². The summed E-state index contributed by atoms with van der Waals surface area (Å²) in [6.07, 6.45) is 0.915. The summed E-state index contributed by atoms with van der Waals surface area (Å²) in [5, 5.41) is 13.5. The lowest BCUT2D eigenvalue weighted by Crippen LogP contribution is -2.40. The molecule has 1 atom stereocenters. The highest BCUT2D eigenvalue weighted by molar-refractivity contribution is 7.99. The molecule has 1 aliphatic rings. The molecule has 2 nitrogen and oxygen atoms in total. The third-order valence-corrected chi connectivity index (χ3v) is 4.18. The minimum absolute atomic E-state index is 0.478. The van der Waals surface area contributed by atoms with Gasteiger partial charge in [0.2, 0.25) is 0 Å². The minimum atomic E-state index is -0.478. The van der Waals surface area contributed by atoms with Gasteiger partial charge in [0, 0.05) is 18.8 Å². The number of aliphatic hydroxyl groups is 1. The van der Waals surface area contributed by atoms with Gasteiger partial charge in [0.1, 0.15) is 0 Å². The van der Waals surface area contributed by atoms with E-state index in [2.05, 4.69) is 36.5 Å². The quantitative estimate of drug-likeness (QED) is 0.839. The van der Waals surface area contributed by atoms with Crippen LogP contribution >= 0.6 is 11.8 Å². The Labute approximate surface area is 101 Å². The number of hydrogen-bond donors (Lipinski definition) is 2. The SMILES string of the molecule is Cc1cccc(CNCC2(O)CCSC2)c1.